The van der Waals surface area contributed by atoms with Crippen molar-refractivity contribution in [1.82, 2.24) is 9.97 Å². The van der Waals surface area contributed by atoms with Crippen LogP contribution in [0.15, 0.2) is 70.7 Å². The molecule has 0 fully saturated rings. The van der Waals surface area contributed by atoms with Crippen LogP contribution in [0.3, 0.4) is 0 Å². The molecule has 0 radical (unpaired) electrons. The van der Waals surface area contributed by atoms with E-state index in [0.29, 0.717) is 17.3 Å². The van der Waals surface area contributed by atoms with E-state index < -0.39 is 11.7 Å². The smallest absolute Gasteiger partial charge is 0.420 e. The lowest BCUT2D eigenvalue weighted by molar-refractivity contribution is -0.140. The number of anilines is 2. The third-order valence-corrected chi connectivity index (χ3v) is 4.85. The van der Waals surface area contributed by atoms with Gasteiger partial charge in [0.2, 0.25) is 5.95 Å². The molecule has 4 nitrogen and oxygen atoms in total. The Morgan fingerprint density at radius 2 is 1.71 bits per heavy atom. The average Bonchev–Trinajstić information content (AvgIpc) is 2.68. The van der Waals surface area contributed by atoms with Gasteiger partial charge in [-0.05, 0) is 43.3 Å². The zero-order chi connectivity index (χ0) is 20.1. The van der Waals surface area contributed by atoms with Gasteiger partial charge in [0.15, 0.2) is 0 Å². The maximum absolute atomic E-state index is 13.4. The number of aromatic nitrogens is 2. The molecule has 0 atom stereocenters. The van der Waals surface area contributed by atoms with E-state index in [0.717, 1.165) is 23.6 Å². The minimum atomic E-state index is -4.53. The first-order chi connectivity index (χ1) is 13.4. The van der Waals surface area contributed by atoms with Crippen LogP contribution in [0.5, 0.6) is 5.75 Å². The van der Waals surface area contributed by atoms with Crippen molar-refractivity contribution in [2.45, 2.75) is 23.0 Å². The Morgan fingerprint density at radius 3 is 2.32 bits per heavy atom. The summed E-state index contributed by atoms with van der Waals surface area (Å²) in [4.78, 5) is 10.4. The van der Waals surface area contributed by atoms with E-state index in [9.17, 15) is 13.2 Å². The van der Waals surface area contributed by atoms with Gasteiger partial charge in [0.05, 0.1) is 6.61 Å². The molecule has 28 heavy (non-hydrogen) atoms. The van der Waals surface area contributed by atoms with Crippen molar-refractivity contribution >= 4 is 23.4 Å². The van der Waals surface area contributed by atoms with E-state index >= 15 is 0 Å². The topological polar surface area (TPSA) is 38.2 Å². The number of rotatable bonds is 6. The lowest BCUT2D eigenvalue weighted by atomic mass is 10.3. The van der Waals surface area contributed by atoms with Crippen LogP contribution >= 0.6 is 11.8 Å². The maximum atomic E-state index is 13.4. The zero-order valence-electron chi connectivity index (χ0n) is 15.3. The highest BCUT2D eigenvalue weighted by Gasteiger charge is 2.35. The Hall–Kier alpha value is -2.74. The van der Waals surface area contributed by atoms with E-state index in [1.165, 1.54) is 0 Å². The molecule has 0 saturated heterocycles. The molecule has 0 amide bonds. The highest BCUT2D eigenvalue weighted by molar-refractivity contribution is 7.99. The summed E-state index contributed by atoms with van der Waals surface area (Å²) in [5.74, 6) is 0.893. The normalized spacial score (nSPS) is 11.3. The van der Waals surface area contributed by atoms with Gasteiger partial charge in [0, 0.05) is 23.8 Å². The Balaban J connectivity index is 1.94. The first-order valence-electron chi connectivity index (χ1n) is 8.52. The zero-order valence-corrected chi connectivity index (χ0v) is 16.1. The largest absolute Gasteiger partial charge is 0.494 e. The second kappa shape index (κ2) is 8.52. The van der Waals surface area contributed by atoms with E-state index in [4.69, 9.17) is 4.74 Å². The van der Waals surface area contributed by atoms with Crippen LogP contribution in [-0.4, -0.2) is 23.6 Å². The average molecular weight is 405 g/mol. The molecule has 3 rings (SSSR count). The van der Waals surface area contributed by atoms with Crippen molar-refractivity contribution in [2.75, 3.05) is 18.6 Å². The Labute approximate surface area is 165 Å². The molecule has 3 aromatic rings. The van der Waals surface area contributed by atoms with Gasteiger partial charge in [-0.1, -0.05) is 30.0 Å². The van der Waals surface area contributed by atoms with E-state index in [1.807, 2.05) is 6.92 Å². The fourth-order valence-electron chi connectivity index (χ4n) is 2.44. The Morgan fingerprint density at radius 1 is 1.04 bits per heavy atom. The number of nitrogens with zero attached hydrogens (tertiary/aromatic N) is 3. The molecular formula is C20H18F3N3OS. The van der Waals surface area contributed by atoms with Gasteiger partial charge < -0.3 is 9.64 Å². The van der Waals surface area contributed by atoms with Gasteiger partial charge in [-0.25, -0.2) is 9.97 Å². The van der Waals surface area contributed by atoms with E-state index in [1.54, 1.807) is 66.5 Å². The third-order valence-electron chi connectivity index (χ3n) is 3.84. The van der Waals surface area contributed by atoms with E-state index in [-0.39, 0.29) is 11.0 Å². The molecule has 0 saturated carbocycles. The first-order valence-corrected chi connectivity index (χ1v) is 9.34. The van der Waals surface area contributed by atoms with Crippen molar-refractivity contribution in [2.24, 2.45) is 0 Å². The van der Waals surface area contributed by atoms with Crippen molar-refractivity contribution < 1.29 is 17.9 Å². The predicted molar refractivity (Wildman–Crippen MR) is 103 cm³/mol. The molecule has 1 heterocycles. The summed E-state index contributed by atoms with van der Waals surface area (Å²) in [7, 11) is 1.70. The second-order valence-electron chi connectivity index (χ2n) is 5.79. The van der Waals surface area contributed by atoms with Crippen LogP contribution in [0.25, 0.3) is 0 Å². The van der Waals surface area contributed by atoms with Crippen LogP contribution in [0.2, 0.25) is 0 Å². The summed E-state index contributed by atoms with van der Waals surface area (Å²) >= 11 is 0.959. The first kappa shape index (κ1) is 20.0. The summed E-state index contributed by atoms with van der Waals surface area (Å²) < 4.78 is 45.6. The summed E-state index contributed by atoms with van der Waals surface area (Å²) in [6.45, 7) is 2.44. The van der Waals surface area contributed by atoms with Crippen LogP contribution in [-0.2, 0) is 6.18 Å². The van der Waals surface area contributed by atoms with Gasteiger partial charge in [-0.15, -0.1) is 0 Å². The molecule has 0 aliphatic rings. The second-order valence-corrected chi connectivity index (χ2v) is 6.85. The predicted octanol–water partition coefficient (Wildman–Crippen LogP) is 5.81. The molecule has 2 aromatic carbocycles. The molecule has 146 valence electrons. The SMILES string of the molecule is CCOc1ccc(N(C)c2ncc(C(F)(F)F)c(Sc3ccccc3)n2)cc1. The number of ether oxygens (including phenoxy) is 1. The van der Waals surface area contributed by atoms with Crippen molar-refractivity contribution in [3.05, 3.63) is 66.4 Å². The number of hydrogen-bond acceptors (Lipinski definition) is 5. The van der Waals surface area contributed by atoms with Gasteiger partial charge in [-0.2, -0.15) is 13.2 Å². The summed E-state index contributed by atoms with van der Waals surface area (Å²) in [5, 5.41) is -0.138. The maximum Gasteiger partial charge on any atom is 0.420 e. The fourth-order valence-corrected chi connectivity index (χ4v) is 3.36. The van der Waals surface area contributed by atoms with Gasteiger partial charge >= 0.3 is 6.18 Å². The number of hydrogen-bond donors (Lipinski definition) is 0. The molecule has 0 aliphatic heterocycles. The standard InChI is InChI=1S/C20H18F3N3OS/c1-3-27-15-11-9-14(10-12-15)26(2)19-24-13-17(20(21,22)23)18(25-19)28-16-7-5-4-6-8-16/h4-13H,3H2,1-2H3. The minimum absolute atomic E-state index is 0.138. The molecule has 0 N–H and O–H groups in total. The molecule has 0 spiro atoms. The van der Waals surface area contributed by atoms with Crippen molar-refractivity contribution in [3.8, 4) is 5.75 Å². The molecule has 0 bridgehead atoms. The van der Waals surface area contributed by atoms with Crippen molar-refractivity contribution in [3.63, 3.8) is 0 Å². The van der Waals surface area contributed by atoms with Gasteiger partial charge in [0.1, 0.15) is 16.3 Å². The van der Waals surface area contributed by atoms with Crippen LogP contribution in [0.1, 0.15) is 12.5 Å². The lowest BCUT2D eigenvalue weighted by Gasteiger charge is -2.19. The van der Waals surface area contributed by atoms with Crippen molar-refractivity contribution in [1.29, 1.82) is 0 Å². The van der Waals surface area contributed by atoms with Crippen LogP contribution < -0.4 is 9.64 Å². The Bertz CT molecular complexity index is 918. The van der Waals surface area contributed by atoms with E-state index in [2.05, 4.69) is 9.97 Å². The molecular weight excluding hydrogens is 387 g/mol. The fraction of sp³-hybridized carbons (Fsp3) is 0.200. The van der Waals surface area contributed by atoms with Crippen LogP contribution in [0.4, 0.5) is 24.8 Å². The minimum Gasteiger partial charge on any atom is -0.494 e. The number of benzene rings is 2. The molecule has 0 unspecified atom stereocenters. The monoisotopic (exact) mass is 405 g/mol. The quantitative estimate of drug-likeness (QED) is 0.484. The summed E-state index contributed by atoms with van der Waals surface area (Å²) in [5.41, 5.74) is -0.121. The summed E-state index contributed by atoms with van der Waals surface area (Å²) in [6, 6.07) is 16.0. The summed E-state index contributed by atoms with van der Waals surface area (Å²) in [6.07, 6.45) is -3.70. The van der Waals surface area contributed by atoms with Crippen LogP contribution in [0, 0.1) is 0 Å². The molecule has 8 heteroatoms. The van der Waals surface area contributed by atoms with Gasteiger partial charge in [0.25, 0.3) is 0 Å². The third kappa shape index (κ3) is 4.75. The highest BCUT2D eigenvalue weighted by Crippen LogP contribution is 2.39. The number of halogens is 3. The lowest BCUT2D eigenvalue weighted by Crippen LogP contribution is -2.16. The highest BCUT2D eigenvalue weighted by atomic mass is 32.2. The molecule has 1 aromatic heterocycles. The molecule has 0 aliphatic carbocycles. The number of alkyl halides is 3. The Kier molecular flexibility index (Phi) is 6.08. The van der Waals surface area contributed by atoms with Gasteiger partial charge in [-0.3, -0.25) is 0 Å².